The number of hydrogen-bond acceptors (Lipinski definition) is 8. The molecule has 1 N–H and O–H groups in total. The van der Waals surface area contributed by atoms with E-state index >= 15 is 0 Å². The van der Waals surface area contributed by atoms with E-state index in [1.165, 1.54) is 15.9 Å². The zero-order chi connectivity index (χ0) is 20.5. The van der Waals surface area contributed by atoms with Gasteiger partial charge < -0.3 is 19.5 Å². The van der Waals surface area contributed by atoms with Gasteiger partial charge in [-0.2, -0.15) is 4.52 Å². The molecule has 29 heavy (non-hydrogen) atoms. The van der Waals surface area contributed by atoms with Gasteiger partial charge in [0.15, 0.2) is 0 Å². The molecule has 3 heterocycles. The van der Waals surface area contributed by atoms with E-state index in [-0.39, 0.29) is 11.9 Å². The number of aromatic hydroxyl groups is 1. The number of ether oxygens (including phenoxy) is 2. The molecule has 1 aliphatic heterocycles. The van der Waals surface area contributed by atoms with Gasteiger partial charge in [0.25, 0.3) is 0 Å². The van der Waals surface area contributed by atoms with Gasteiger partial charge in [-0.3, -0.25) is 4.90 Å². The monoisotopic (exact) mass is 417 g/mol. The van der Waals surface area contributed by atoms with Crippen LogP contribution in [0.4, 0.5) is 0 Å². The van der Waals surface area contributed by atoms with E-state index in [1.807, 2.05) is 25.1 Å². The van der Waals surface area contributed by atoms with E-state index in [2.05, 4.69) is 26.8 Å². The quantitative estimate of drug-likeness (QED) is 0.661. The second kappa shape index (κ2) is 8.17. The molecule has 0 unspecified atom stereocenters. The number of benzene rings is 1. The Kier molecular flexibility index (Phi) is 5.62. The molecule has 2 aromatic heterocycles. The van der Waals surface area contributed by atoms with E-state index in [4.69, 9.17) is 9.47 Å². The normalized spacial score (nSPS) is 17.0. The van der Waals surface area contributed by atoms with E-state index < -0.39 is 0 Å². The third-order valence-corrected chi connectivity index (χ3v) is 6.58. The summed E-state index contributed by atoms with van der Waals surface area (Å²) in [6.07, 6.45) is 0. The average molecular weight is 418 g/mol. The van der Waals surface area contributed by atoms with Crippen LogP contribution in [0.25, 0.3) is 4.96 Å². The summed E-state index contributed by atoms with van der Waals surface area (Å²) < 4.78 is 12.7. The average Bonchev–Trinajstić information content (AvgIpc) is 3.25. The molecule has 1 aromatic carbocycles. The van der Waals surface area contributed by atoms with Crippen LogP contribution in [0.15, 0.2) is 18.2 Å². The van der Waals surface area contributed by atoms with E-state index in [1.54, 1.807) is 14.2 Å². The van der Waals surface area contributed by atoms with Crippen molar-refractivity contribution in [3.8, 4) is 17.4 Å². The number of fused-ring (bicyclic) bond motifs is 1. The first kappa shape index (κ1) is 19.9. The van der Waals surface area contributed by atoms with Crippen LogP contribution >= 0.6 is 11.3 Å². The van der Waals surface area contributed by atoms with Gasteiger partial charge in [0.2, 0.25) is 10.8 Å². The fraction of sp³-hybridized carbons (Fsp3) is 0.500. The molecule has 1 saturated heterocycles. The van der Waals surface area contributed by atoms with Gasteiger partial charge in [0.1, 0.15) is 17.3 Å². The highest BCUT2D eigenvalue weighted by Crippen LogP contribution is 2.44. The van der Waals surface area contributed by atoms with Gasteiger partial charge >= 0.3 is 0 Å². The van der Waals surface area contributed by atoms with Crippen LogP contribution in [0.5, 0.6) is 17.4 Å². The highest BCUT2D eigenvalue weighted by atomic mass is 32.1. The van der Waals surface area contributed by atoms with Gasteiger partial charge in [-0.15, -0.1) is 5.10 Å². The molecule has 0 radical (unpaired) electrons. The van der Waals surface area contributed by atoms with Gasteiger partial charge in [-0.05, 0) is 31.7 Å². The summed E-state index contributed by atoms with van der Waals surface area (Å²) >= 11 is 1.47. The molecule has 8 nitrogen and oxygen atoms in total. The second-order valence-corrected chi connectivity index (χ2v) is 8.13. The molecule has 1 fully saturated rings. The van der Waals surface area contributed by atoms with Crippen molar-refractivity contribution in [3.05, 3.63) is 34.5 Å². The van der Waals surface area contributed by atoms with Crippen molar-refractivity contribution in [1.82, 2.24) is 24.4 Å². The molecule has 1 aliphatic rings. The maximum absolute atomic E-state index is 11.0. The number of aromatic nitrogens is 3. The zero-order valence-corrected chi connectivity index (χ0v) is 18.1. The Morgan fingerprint density at radius 3 is 2.55 bits per heavy atom. The molecule has 0 amide bonds. The van der Waals surface area contributed by atoms with Crippen LogP contribution < -0.4 is 9.47 Å². The Morgan fingerprint density at radius 1 is 1.17 bits per heavy atom. The first-order chi connectivity index (χ1) is 14.0. The van der Waals surface area contributed by atoms with Crippen LogP contribution in [0.3, 0.4) is 0 Å². The molecular weight excluding hydrogens is 390 g/mol. The van der Waals surface area contributed by atoms with Gasteiger partial charge in [-0.1, -0.05) is 18.3 Å². The van der Waals surface area contributed by atoms with Crippen molar-refractivity contribution < 1.29 is 14.6 Å². The summed E-state index contributed by atoms with van der Waals surface area (Å²) in [5, 5.41) is 15.4. The second-order valence-electron chi connectivity index (χ2n) is 7.12. The van der Waals surface area contributed by atoms with Gasteiger partial charge in [-0.25, -0.2) is 4.98 Å². The van der Waals surface area contributed by atoms with Crippen molar-refractivity contribution >= 4 is 16.3 Å². The standard InChI is InChI=1S/C20H27N5O3S/c1-5-23-8-10-24(11-9-23)17(15-12-14(27-3)6-7-16(15)28-4)18-19(26)25-20(29-18)21-13(2)22-25/h6-7,12,17,26H,5,8-11H2,1-4H3/t17-/m0/s1. The number of piperazine rings is 1. The topological polar surface area (TPSA) is 75.4 Å². The molecule has 9 heteroatoms. The van der Waals surface area contributed by atoms with Gasteiger partial charge in [0.05, 0.1) is 25.1 Å². The molecule has 3 aromatic rings. The predicted octanol–water partition coefficient (Wildman–Crippen LogP) is 2.55. The summed E-state index contributed by atoms with van der Waals surface area (Å²) in [5.74, 6) is 2.31. The minimum atomic E-state index is -0.173. The predicted molar refractivity (Wildman–Crippen MR) is 112 cm³/mol. The smallest absolute Gasteiger partial charge is 0.230 e. The minimum absolute atomic E-state index is 0.137. The molecule has 0 bridgehead atoms. The van der Waals surface area contributed by atoms with Crippen molar-refractivity contribution in [2.24, 2.45) is 0 Å². The Labute approximate surface area is 174 Å². The zero-order valence-electron chi connectivity index (χ0n) is 17.3. The van der Waals surface area contributed by atoms with Crippen molar-refractivity contribution in [2.45, 2.75) is 19.9 Å². The SMILES string of the molecule is CCN1CCN([C@@H](c2cc(OC)ccc2OC)c2sc3nc(C)nn3c2O)CC1. The number of hydrogen-bond donors (Lipinski definition) is 1. The first-order valence-corrected chi connectivity index (χ1v) is 10.6. The Hall–Kier alpha value is -2.36. The molecular formula is C20H27N5O3S. The third-order valence-electron chi connectivity index (χ3n) is 5.50. The molecule has 156 valence electrons. The van der Waals surface area contributed by atoms with E-state index in [0.29, 0.717) is 10.8 Å². The fourth-order valence-corrected chi connectivity index (χ4v) is 5.07. The van der Waals surface area contributed by atoms with Crippen molar-refractivity contribution in [1.29, 1.82) is 0 Å². The van der Waals surface area contributed by atoms with Crippen molar-refractivity contribution in [2.75, 3.05) is 46.9 Å². The highest BCUT2D eigenvalue weighted by molar-refractivity contribution is 7.17. The van der Waals surface area contributed by atoms with E-state index in [9.17, 15) is 5.11 Å². The van der Waals surface area contributed by atoms with E-state index in [0.717, 1.165) is 54.7 Å². The number of rotatable bonds is 6. The number of nitrogens with zero attached hydrogens (tertiary/aromatic N) is 5. The number of methoxy groups -OCH3 is 2. The van der Waals surface area contributed by atoms with Gasteiger partial charge in [0, 0.05) is 31.7 Å². The lowest BCUT2D eigenvalue weighted by atomic mass is 10.0. The number of thiazole rings is 1. The maximum Gasteiger partial charge on any atom is 0.230 e. The molecule has 0 aliphatic carbocycles. The maximum atomic E-state index is 11.0. The highest BCUT2D eigenvalue weighted by Gasteiger charge is 2.33. The Bertz CT molecular complexity index is 994. The molecule has 0 saturated carbocycles. The van der Waals surface area contributed by atoms with Crippen LogP contribution in [0, 0.1) is 6.92 Å². The van der Waals surface area contributed by atoms with Crippen LogP contribution in [-0.4, -0.2) is 76.4 Å². The first-order valence-electron chi connectivity index (χ1n) is 9.79. The molecule has 1 atom stereocenters. The number of aryl methyl sites for hydroxylation is 1. The number of likely N-dealkylation sites (N-methyl/N-ethyl adjacent to an activating group) is 1. The lowest BCUT2D eigenvalue weighted by Crippen LogP contribution is -2.47. The third kappa shape index (κ3) is 3.65. The summed E-state index contributed by atoms with van der Waals surface area (Å²) in [4.78, 5) is 10.8. The fourth-order valence-electron chi connectivity index (χ4n) is 3.92. The summed E-state index contributed by atoms with van der Waals surface area (Å²) in [7, 11) is 3.33. The summed E-state index contributed by atoms with van der Waals surface area (Å²) in [6, 6.07) is 5.63. The lowest BCUT2D eigenvalue weighted by molar-refractivity contribution is 0.112. The lowest BCUT2D eigenvalue weighted by Gasteiger charge is -2.39. The Balaban J connectivity index is 1.83. The van der Waals surface area contributed by atoms with Crippen LogP contribution in [0.1, 0.15) is 29.2 Å². The van der Waals surface area contributed by atoms with Crippen LogP contribution in [-0.2, 0) is 0 Å². The largest absolute Gasteiger partial charge is 0.497 e. The minimum Gasteiger partial charge on any atom is -0.497 e. The molecule has 0 spiro atoms. The Morgan fingerprint density at radius 2 is 1.93 bits per heavy atom. The summed E-state index contributed by atoms with van der Waals surface area (Å²) in [5.41, 5.74) is 0.966. The molecule has 4 rings (SSSR count). The van der Waals surface area contributed by atoms with Crippen molar-refractivity contribution in [3.63, 3.8) is 0 Å². The summed E-state index contributed by atoms with van der Waals surface area (Å²) in [6.45, 7) is 8.82. The van der Waals surface area contributed by atoms with Crippen LogP contribution in [0.2, 0.25) is 0 Å².